The van der Waals surface area contributed by atoms with Crippen molar-refractivity contribution in [3.8, 4) is 28.7 Å². The molecule has 292 valence electrons. The van der Waals surface area contributed by atoms with Crippen LogP contribution in [0.5, 0.6) is 5.75 Å². The lowest BCUT2D eigenvalue weighted by Crippen LogP contribution is -2.58. The molecule has 12 nitrogen and oxygen atoms in total. The Morgan fingerprint density at radius 1 is 0.776 bits per heavy atom. The SMILES string of the molecule is O=C1COc2ccc(cc2)CC(C(=O)O)NC(=O)C(C=Cc2ccc(F)cc2)NC(=O)C(Cc2ccc(-c3ccccc3)cc2)NC(=O)C(C#Cc2ccncc2)N1. The lowest BCUT2D eigenvalue weighted by molar-refractivity contribution is -0.142. The molecule has 0 saturated heterocycles. The van der Waals surface area contributed by atoms with E-state index in [4.69, 9.17) is 4.74 Å². The van der Waals surface area contributed by atoms with E-state index in [2.05, 4.69) is 38.1 Å². The number of halogens is 1. The van der Waals surface area contributed by atoms with Gasteiger partial charge in [-0.05, 0) is 64.2 Å². The number of pyridine rings is 1. The summed E-state index contributed by atoms with van der Waals surface area (Å²) >= 11 is 0. The second-order valence-corrected chi connectivity index (χ2v) is 13.3. The number of amides is 4. The maximum atomic E-state index is 14.3. The summed E-state index contributed by atoms with van der Waals surface area (Å²) in [5.41, 5.74) is 4.07. The van der Waals surface area contributed by atoms with Crippen LogP contribution in [-0.2, 0) is 36.8 Å². The van der Waals surface area contributed by atoms with Gasteiger partial charge in [-0.1, -0.05) is 103 Å². The Labute approximate surface area is 333 Å². The van der Waals surface area contributed by atoms with Gasteiger partial charge in [0.2, 0.25) is 11.8 Å². The van der Waals surface area contributed by atoms with Crippen molar-refractivity contribution in [2.45, 2.75) is 37.0 Å². The normalized spacial score (nSPS) is 19.1. The first kappa shape index (κ1) is 40.1. The van der Waals surface area contributed by atoms with E-state index in [-0.39, 0.29) is 18.6 Å². The topological polar surface area (TPSA) is 176 Å². The molecular weight excluding hydrogens is 742 g/mol. The van der Waals surface area contributed by atoms with Crippen LogP contribution < -0.4 is 26.0 Å². The molecule has 1 aromatic heterocycles. The smallest absolute Gasteiger partial charge is 0.326 e. The van der Waals surface area contributed by atoms with Gasteiger partial charge in [0.05, 0.1) is 0 Å². The molecule has 4 aromatic carbocycles. The molecule has 4 amide bonds. The highest BCUT2D eigenvalue weighted by Crippen LogP contribution is 2.20. The van der Waals surface area contributed by atoms with E-state index in [0.29, 0.717) is 22.3 Å². The van der Waals surface area contributed by atoms with Crippen molar-refractivity contribution in [2.75, 3.05) is 6.61 Å². The van der Waals surface area contributed by atoms with Crippen molar-refractivity contribution < 1.29 is 38.2 Å². The van der Waals surface area contributed by atoms with Gasteiger partial charge < -0.3 is 31.1 Å². The highest BCUT2D eigenvalue weighted by molar-refractivity contribution is 5.97. The minimum atomic E-state index is -1.46. The zero-order valence-electron chi connectivity index (χ0n) is 30.9. The summed E-state index contributed by atoms with van der Waals surface area (Å²) in [5.74, 6) is 0.936. The van der Waals surface area contributed by atoms with Crippen molar-refractivity contribution in [1.29, 1.82) is 0 Å². The molecule has 5 aromatic rings. The van der Waals surface area contributed by atoms with E-state index >= 15 is 0 Å². The predicted octanol–water partition coefficient (Wildman–Crippen LogP) is 3.85. The first-order valence-electron chi connectivity index (χ1n) is 18.2. The quantitative estimate of drug-likeness (QED) is 0.128. The summed E-state index contributed by atoms with van der Waals surface area (Å²) in [6.07, 6.45) is 5.67. The van der Waals surface area contributed by atoms with Crippen LogP contribution in [0.4, 0.5) is 4.39 Å². The number of carboxylic acid groups (broad SMARTS) is 1. The van der Waals surface area contributed by atoms with Gasteiger partial charge in [-0.15, -0.1) is 0 Å². The monoisotopic (exact) mass is 779 g/mol. The molecule has 0 aliphatic carbocycles. The summed E-state index contributed by atoms with van der Waals surface area (Å²) in [7, 11) is 0. The summed E-state index contributed by atoms with van der Waals surface area (Å²) in [4.78, 5) is 71.8. The van der Waals surface area contributed by atoms with Crippen molar-refractivity contribution >= 4 is 35.7 Å². The van der Waals surface area contributed by atoms with Crippen molar-refractivity contribution in [1.82, 2.24) is 26.3 Å². The third kappa shape index (κ3) is 11.5. The molecule has 0 fully saturated rings. The third-order valence-corrected chi connectivity index (χ3v) is 9.02. The molecule has 2 bridgehead atoms. The number of carboxylic acids is 1. The fourth-order valence-electron chi connectivity index (χ4n) is 5.93. The standard InChI is InChI=1S/C45H38FN5O7/c46-35-16-8-29(9-17-35)12-21-38-43(54)51-40(45(56)57)27-32-10-18-36(19-11-32)58-28-41(52)48-37(20-13-30-22-24-47-25-23-30)42(53)50-39(44(55)49-38)26-31-6-14-34(15-7-31)33-4-2-1-3-5-33/h1-12,14-19,21-25,37-40H,26-28H2,(H,48,52)(H,49,55)(H,50,53)(H,51,54)(H,56,57). The van der Waals surface area contributed by atoms with Crippen molar-refractivity contribution in [3.05, 3.63) is 162 Å². The van der Waals surface area contributed by atoms with Crippen LogP contribution in [-0.4, -0.2) is 70.5 Å². The number of rotatable bonds is 6. The van der Waals surface area contributed by atoms with Crippen LogP contribution in [0.15, 0.2) is 134 Å². The lowest BCUT2D eigenvalue weighted by Gasteiger charge is -2.24. The van der Waals surface area contributed by atoms with Crippen LogP contribution >= 0.6 is 0 Å². The van der Waals surface area contributed by atoms with Crippen LogP contribution in [0.25, 0.3) is 17.2 Å². The highest BCUT2D eigenvalue weighted by Gasteiger charge is 2.31. The van der Waals surface area contributed by atoms with Crippen LogP contribution in [0.3, 0.4) is 0 Å². The Kier molecular flexibility index (Phi) is 13.4. The second-order valence-electron chi connectivity index (χ2n) is 13.3. The first-order valence-corrected chi connectivity index (χ1v) is 18.2. The Hall–Kier alpha value is -7.59. The van der Waals surface area contributed by atoms with Crippen molar-refractivity contribution in [2.24, 2.45) is 0 Å². The summed E-state index contributed by atoms with van der Waals surface area (Å²) in [6.45, 7) is -0.492. The molecule has 4 unspecified atom stereocenters. The molecule has 2 aliphatic rings. The number of aromatic nitrogens is 1. The van der Waals surface area contributed by atoms with Gasteiger partial charge >= 0.3 is 5.97 Å². The third-order valence-electron chi connectivity index (χ3n) is 9.02. The van der Waals surface area contributed by atoms with Crippen LogP contribution in [0.1, 0.15) is 22.3 Å². The van der Waals surface area contributed by atoms with Crippen LogP contribution in [0.2, 0.25) is 0 Å². The van der Waals surface area contributed by atoms with E-state index in [1.807, 2.05) is 42.5 Å². The maximum absolute atomic E-state index is 14.3. The maximum Gasteiger partial charge on any atom is 0.326 e. The molecule has 3 heterocycles. The molecule has 0 spiro atoms. The fraction of sp³-hybridized carbons (Fsp3) is 0.156. The average Bonchev–Trinajstić information content (AvgIpc) is 3.24. The zero-order chi connectivity index (χ0) is 40.9. The summed E-state index contributed by atoms with van der Waals surface area (Å²) < 4.78 is 19.3. The number of benzene rings is 4. The number of fused-ring (bicyclic) bond motifs is 16. The number of carbonyl (C=O) groups is 5. The zero-order valence-corrected chi connectivity index (χ0v) is 30.9. The molecule has 13 heteroatoms. The number of nitrogens with one attached hydrogen (secondary N) is 4. The number of hydrogen-bond donors (Lipinski definition) is 5. The predicted molar refractivity (Wildman–Crippen MR) is 213 cm³/mol. The number of ether oxygens (including phenoxy) is 1. The molecule has 2 aliphatic heterocycles. The summed E-state index contributed by atoms with van der Waals surface area (Å²) in [6, 6.07) is 26.2. The molecule has 7 rings (SSSR count). The Balaban J connectivity index is 1.37. The van der Waals surface area contributed by atoms with E-state index in [9.17, 15) is 33.5 Å². The summed E-state index contributed by atoms with van der Waals surface area (Å²) in [5, 5.41) is 20.5. The van der Waals surface area contributed by atoms with Gasteiger partial charge in [-0.3, -0.25) is 24.2 Å². The van der Waals surface area contributed by atoms with Gasteiger partial charge in [-0.2, -0.15) is 0 Å². The molecule has 0 saturated carbocycles. The number of aliphatic carboxylic acids is 1. The number of hydrogen-bond acceptors (Lipinski definition) is 7. The molecule has 0 radical (unpaired) electrons. The van der Waals surface area contributed by atoms with Crippen LogP contribution in [0, 0.1) is 17.7 Å². The lowest BCUT2D eigenvalue weighted by atomic mass is 9.99. The van der Waals surface area contributed by atoms with E-state index in [0.717, 1.165) is 11.1 Å². The minimum Gasteiger partial charge on any atom is -0.484 e. The molecular formula is C45H38FN5O7. The Morgan fingerprint density at radius 3 is 2.16 bits per heavy atom. The number of carbonyl (C=O) groups excluding carboxylic acids is 4. The van der Waals surface area contributed by atoms with Gasteiger partial charge in [0.1, 0.15) is 29.7 Å². The average molecular weight is 780 g/mol. The van der Waals surface area contributed by atoms with Gasteiger partial charge in [0, 0.05) is 30.8 Å². The molecule has 58 heavy (non-hydrogen) atoms. The van der Waals surface area contributed by atoms with Gasteiger partial charge in [0.15, 0.2) is 12.6 Å². The van der Waals surface area contributed by atoms with E-state index in [1.165, 1.54) is 60.9 Å². The molecule has 5 N–H and O–H groups in total. The highest BCUT2D eigenvalue weighted by atomic mass is 19.1. The largest absolute Gasteiger partial charge is 0.484 e. The number of nitrogens with zero attached hydrogens (tertiary/aromatic N) is 1. The Bertz CT molecular complexity index is 2330. The first-order chi connectivity index (χ1) is 28.1. The molecule has 4 atom stereocenters. The van der Waals surface area contributed by atoms with E-state index in [1.54, 1.807) is 36.4 Å². The minimum absolute atomic E-state index is 0.0596. The Morgan fingerprint density at radius 2 is 1.47 bits per heavy atom. The van der Waals surface area contributed by atoms with Crippen molar-refractivity contribution in [3.63, 3.8) is 0 Å². The van der Waals surface area contributed by atoms with Gasteiger partial charge in [0.25, 0.3) is 11.8 Å². The second kappa shape index (κ2) is 19.3. The fourth-order valence-corrected chi connectivity index (χ4v) is 5.93. The van der Waals surface area contributed by atoms with Gasteiger partial charge in [-0.25, -0.2) is 9.18 Å². The van der Waals surface area contributed by atoms with E-state index < -0.39 is 66.2 Å².